The summed E-state index contributed by atoms with van der Waals surface area (Å²) < 4.78 is 46.2. The monoisotopic (exact) mass is 347 g/mol. The Balaban J connectivity index is 1.89. The predicted molar refractivity (Wildman–Crippen MR) is 72.9 cm³/mol. The van der Waals surface area contributed by atoms with E-state index in [4.69, 9.17) is 13.7 Å². The molecule has 0 amide bonds. The summed E-state index contributed by atoms with van der Waals surface area (Å²) in [5, 5.41) is 29.3. The second-order valence-electron chi connectivity index (χ2n) is 4.92. The van der Waals surface area contributed by atoms with E-state index in [1.807, 2.05) is 0 Å². The van der Waals surface area contributed by atoms with E-state index < -0.39 is 40.2 Å². The summed E-state index contributed by atoms with van der Waals surface area (Å²) in [6.45, 7) is 0. The van der Waals surface area contributed by atoms with Crippen LogP contribution in [0.4, 0.5) is 0 Å². The van der Waals surface area contributed by atoms with Gasteiger partial charge in [-0.05, 0) is 12.1 Å². The molecule has 2 aromatic rings. The summed E-state index contributed by atoms with van der Waals surface area (Å²) in [6, 6.07) is 6.61. The second-order valence-corrected chi connectivity index (χ2v) is 6.42. The number of aliphatic hydroxyl groups is 3. The van der Waals surface area contributed by atoms with Crippen molar-refractivity contribution in [2.75, 3.05) is 0 Å². The molecule has 1 fully saturated rings. The fourth-order valence-electron chi connectivity index (χ4n) is 2.22. The molecule has 3 rings (SSSR count). The van der Waals surface area contributed by atoms with Gasteiger partial charge in [0.05, 0.1) is 0 Å². The van der Waals surface area contributed by atoms with Crippen LogP contribution in [-0.2, 0) is 14.9 Å². The zero-order chi connectivity index (χ0) is 16.8. The highest BCUT2D eigenvalue weighted by Gasteiger charge is 2.51. The van der Waals surface area contributed by atoms with E-state index in [1.165, 1.54) is 0 Å². The van der Waals surface area contributed by atoms with E-state index in [1.54, 1.807) is 24.3 Å². The number of aliphatic hydroxyl groups excluding tert-OH is 3. The maximum Gasteiger partial charge on any atom is 0.395 e. The highest BCUT2D eigenvalue weighted by Crippen LogP contribution is 2.28. The maximum atomic E-state index is 11.2. The number of fused-ring (bicyclic) bond motifs is 1. The first-order valence-corrected chi connectivity index (χ1v) is 7.96. The van der Waals surface area contributed by atoms with Crippen molar-refractivity contribution in [3.05, 3.63) is 24.3 Å². The lowest BCUT2D eigenvalue weighted by Gasteiger charge is -2.38. The van der Waals surface area contributed by atoms with E-state index >= 15 is 0 Å². The molecule has 5 atom stereocenters. The van der Waals surface area contributed by atoms with Crippen molar-refractivity contribution in [1.29, 1.82) is 0 Å². The number of rotatable bonds is 3. The molecule has 10 nitrogen and oxygen atoms in total. The Kier molecular flexibility index (Phi) is 4.00. The topological polar surface area (TPSA) is 160 Å². The Hall–Kier alpha value is -1.76. The van der Waals surface area contributed by atoms with Gasteiger partial charge in [0.1, 0.15) is 17.7 Å². The average molecular weight is 347 g/mol. The zero-order valence-corrected chi connectivity index (χ0v) is 12.2. The number of oxazole rings is 1. The first kappa shape index (κ1) is 16.1. The van der Waals surface area contributed by atoms with E-state index in [2.05, 4.69) is 9.72 Å². The number of hydrogen-bond acceptors (Lipinski definition) is 9. The van der Waals surface area contributed by atoms with Gasteiger partial charge in [-0.15, -0.1) is 0 Å². The number of para-hydroxylation sites is 2. The Morgan fingerprint density at radius 2 is 1.83 bits per heavy atom. The number of nitrogens with zero attached hydrogens (tertiary/aromatic N) is 1. The molecular weight excluding hydrogens is 334 g/mol. The third kappa shape index (κ3) is 3.02. The van der Waals surface area contributed by atoms with Crippen LogP contribution in [0.3, 0.4) is 0 Å². The molecule has 1 unspecified atom stereocenters. The third-order valence-corrected chi connectivity index (χ3v) is 4.30. The van der Waals surface area contributed by atoms with Crippen LogP contribution < -0.4 is 4.74 Å². The van der Waals surface area contributed by atoms with Gasteiger partial charge < -0.3 is 29.2 Å². The smallest absolute Gasteiger partial charge is 0.395 e. The lowest BCUT2D eigenvalue weighted by Crippen LogP contribution is -2.61. The minimum Gasteiger partial charge on any atom is -0.441 e. The SMILES string of the molecule is O=S(=O)(O)C1O[C@@H](O)[C@H](O)[C@@H](Oc2nc3ccccc3o2)[C@@H]1O. The second kappa shape index (κ2) is 5.70. The van der Waals surface area contributed by atoms with Gasteiger partial charge in [-0.1, -0.05) is 12.1 Å². The number of hydrogen-bond donors (Lipinski definition) is 4. The lowest BCUT2D eigenvalue weighted by atomic mass is 10.1. The third-order valence-electron chi connectivity index (χ3n) is 3.32. The molecule has 4 N–H and O–H groups in total. The summed E-state index contributed by atoms with van der Waals surface area (Å²) in [6.07, 6.45) is -7.78. The minimum atomic E-state index is -4.86. The first-order valence-electron chi connectivity index (χ1n) is 6.45. The number of aromatic nitrogens is 1. The zero-order valence-electron chi connectivity index (χ0n) is 11.4. The molecule has 1 aliphatic rings. The van der Waals surface area contributed by atoms with Crippen molar-refractivity contribution >= 4 is 21.2 Å². The van der Waals surface area contributed by atoms with Crippen LogP contribution in [0.15, 0.2) is 28.7 Å². The molecular formula is C12H13NO9S. The molecule has 23 heavy (non-hydrogen) atoms. The van der Waals surface area contributed by atoms with Gasteiger partial charge in [-0.3, -0.25) is 4.55 Å². The Morgan fingerprint density at radius 3 is 2.48 bits per heavy atom. The van der Waals surface area contributed by atoms with Crippen molar-refractivity contribution in [1.82, 2.24) is 4.98 Å². The van der Waals surface area contributed by atoms with Crippen molar-refractivity contribution in [2.45, 2.75) is 30.0 Å². The molecule has 0 radical (unpaired) electrons. The fourth-order valence-corrected chi connectivity index (χ4v) is 2.98. The average Bonchev–Trinajstić information content (AvgIpc) is 2.88. The molecule has 0 bridgehead atoms. The van der Waals surface area contributed by atoms with Gasteiger partial charge in [0, 0.05) is 0 Å². The van der Waals surface area contributed by atoms with Crippen LogP contribution in [0.1, 0.15) is 0 Å². The number of benzene rings is 1. The Labute approximate surface area is 129 Å². The first-order chi connectivity index (χ1) is 10.8. The molecule has 0 saturated carbocycles. The molecule has 126 valence electrons. The summed E-state index contributed by atoms with van der Waals surface area (Å²) >= 11 is 0. The van der Waals surface area contributed by atoms with Crippen LogP contribution in [0, 0.1) is 0 Å². The molecule has 1 aromatic heterocycles. The highest BCUT2D eigenvalue weighted by atomic mass is 32.2. The molecule has 2 heterocycles. The highest BCUT2D eigenvalue weighted by molar-refractivity contribution is 7.86. The van der Waals surface area contributed by atoms with E-state index in [9.17, 15) is 23.7 Å². The van der Waals surface area contributed by atoms with Crippen molar-refractivity contribution in [2.24, 2.45) is 0 Å². The van der Waals surface area contributed by atoms with Gasteiger partial charge >= 0.3 is 6.08 Å². The summed E-state index contributed by atoms with van der Waals surface area (Å²) in [4.78, 5) is 3.94. The molecule has 0 aliphatic carbocycles. The Morgan fingerprint density at radius 1 is 1.13 bits per heavy atom. The van der Waals surface area contributed by atoms with Crippen LogP contribution in [-0.4, -0.2) is 63.3 Å². The van der Waals surface area contributed by atoms with Gasteiger partial charge in [0.25, 0.3) is 10.1 Å². The minimum absolute atomic E-state index is 0.350. The van der Waals surface area contributed by atoms with Gasteiger partial charge in [0.2, 0.25) is 5.44 Å². The van der Waals surface area contributed by atoms with Gasteiger partial charge in [-0.25, -0.2) is 0 Å². The molecule has 1 aliphatic heterocycles. The van der Waals surface area contributed by atoms with Crippen LogP contribution in [0.2, 0.25) is 0 Å². The largest absolute Gasteiger partial charge is 0.441 e. The molecule has 0 spiro atoms. The quantitative estimate of drug-likeness (QED) is 0.500. The summed E-state index contributed by atoms with van der Waals surface area (Å²) in [5.74, 6) is 0. The van der Waals surface area contributed by atoms with Crippen molar-refractivity contribution in [3.63, 3.8) is 0 Å². The van der Waals surface area contributed by atoms with Gasteiger partial charge in [-0.2, -0.15) is 13.4 Å². The molecule has 1 saturated heterocycles. The van der Waals surface area contributed by atoms with Crippen LogP contribution in [0.5, 0.6) is 6.08 Å². The van der Waals surface area contributed by atoms with E-state index in [0.29, 0.717) is 11.1 Å². The van der Waals surface area contributed by atoms with Crippen molar-refractivity contribution in [3.8, 4) is 6.08 Å². The van der Waals surface area contributed by atoms with Gasteiger partial charge in [0.15, 0.2) is 18.0 Å². The standard InChI is InChI=1S/C12H13NO9S/c14-7-9(8(15)11(22-10(7)16)23(17,18)19)21-12-13-5-3-1-2-4-6(5)20-12/h1-4,7-11,14-16H,(H,17,18,19)/t7-,8+,9-,10-,11?/m1/s1. The summed E-state index contributed by atoms with van der Waals surface area (Å²) in [7, 11) is -4.86. The lowest BCUT2D eigenvalue weighted by molar-refractivity contribution is -0.261. The predicted octanol–water partition coefficient (Wildman–Crippen LogP) is -1.14. The molecule has 11 heteroatoms. The fraction of sp³-hybridized carbons (Fsp3) is 0.417. The maximum absolute atomic E-state index is 11.2. The van der Waals surface area contributed by atoms with E-state index in [-0.39, 0.29) is 6.08 Å². The molecule has 1 aromatic carbocycles. The normalized spacial score (nSPS) is 32.1. The van der Waals surface area contributed by atoms with Crippen molar-refractivity contribution < 1.29 is 42.2 Å². The van der Waals surface area contributed by atoms with E-state index in [0.717, 1.165) is 0 Å². The van der Waals surface area contributed by atoms with Crippen LogP contribution >= 0.6 is 0 Å². The van der Waals surface area contributed by atoms with Crippen LogP contribution in [0.25, 0.3) is 11.1 Å². The Bertz CT molecular complexity index is 771. The number of ether oxygens (including phenoxy) is 2. The summed E-state index contributed by atoms with van der Waals surface area (Å²) in [5.41, 5.74) is -1.38.